The van der Waals surface area contributed by atoms with Gasteiger partial charge in [0.1, 0.15) is 5.58 Å². The highest BCUT2D eigenvalue weighted by atomic mass is 32.2. The Morgan fingerprint density at radius 3 is 2.55 bits per heavy atom. The van der Waals surface area contributed by atoms with Crippen LogP contribution in [0, 0.1) is 12.8 Å². The molecule has 1 saturated heterocycles. The Hall–Kier alpha value is -2.64. The van der Waals surface area contributed by atoms with E-state index in [1.165, 1.54) is 12.1 Å². The van der Waals surface area contributed by atoms with Crippen molar-refractivity contribution in [3.63, 3.8) is 0 Å². The van der Waals surface area contributed by atoms with E-state index in [9.17, 15) is 13.2 Å². The molecule has 0 radical (unpaired) electrons. The molecule has 152 valence electrons. The van der Waals surface area contributed by atoms with E-state index < -0.39 is 10.0 Å². The largest absolute Gasteiger partial charge is 0.451 e. The first-order valence-corrected chi connectivity index (χ1v) is 11.2. The third-order valence-electron chi connectivity index (χ3n) is 5.42. The molecule has 0 aliphatic carbocycles. The lowest BCUT2D eigenvalue weighted by Gasteiger charge is -2.30. The second-order valence-corrected chi connectivity index (χ2v) is 9.58. The van der Waals surface area contributed by atoms with Crippen molar-refractivity contribution in [2.24, 2.45) is 5.92 Å². The summed E-state index contributed by atoms with van der Waals surface area (Å²) in [4.78, 5) is 12.9. The molecule has 3 aromatic rings. The van der Waals surface area contributed by atoms with E-state index in [1.54, 1.807) is 16.4 Å². The van der Waals surface area contributed by atoms with Crippen LogP contribution in [0.3, 0.4) is 0 Å². The summed E-state index contributed by atoms with van der Waals surface area (Å²) in [7, 11) is -3.51. The third-order valence-corrected chi connectivity index (χ3v) is 7.30. The Kier molecular flexibility index (Phi) is 5.19. The van der Waals surface area contributed by atoms with Crippen LogP contribution in [0.15, 0.2) is 57.8 Å². The number of anilines is 1. The molecular formula is C22H24N2O4S. The number of amides is 1. The van der Waals surface area contributed by atoms with Crippen LogP contribution < -0.4 is 5.32 Å². The number of piperidine rings is 1. The Morgan fingerprint density at radius 1 is 1.14 bits per heavy atom. The molecule has 1 atom stereocenters. The van der Waals surface area contributed by atoms with Crippen LogP contribution in [0.5, 0.6) is 0 Å². The number of nitrogens with one attached hydrogen (secondary N) is 1. The van der Waals surface area contributed by atoms with Crippen molar-refractivity contribution in [3.8, 4) is 0 Å². The highest BCUT2D eigenvalue weighted by Crippen LogP contribution is 2.27. The predicted molar refractivity (Wildman–Crippen MR) is 113 cm³/mol. The van der Waals surface area contributed by atoms with Crippen molar-refractivity contribution in [3.05, 3.63) is 59.9 Å². The van der Waals surface area contributed by atoms with Gasteiger partial charge in [-0.2, -0.15) is 4.31 Å². The lowest BCUT2D eigenvalue weighted by Crippen LogP contribution is -2.39. The summed E-state index contributed by atoms with van der Waals surface area (Å²) in [5, 5.41) is 3.68. The quantitative estimate of drug-likeness (QED) is 0.688. The number of furan rings is 1. The lowest BCUT2D eigenvalue weighted by atomic mass is 10.0. The number of hydrogen-bond acceptors (Lipinski definition) is 4. The van der Waals surface area contributed by atoms with Gasteiger partial charge in [-0.25, -0.2) is 8.42 Å². The first kappa shape index (κ1) is 19.7. The second kappa shape index (κ2) is 7.65. The minimum atomic E-state index is -3.51. The molecule has 1 N–H and O–H groups in total. The fraction of sp³-hybridized carbons (Fsp3) is 0.318. The minimum absolute atomic E-state index is 0.240. The fourth-order valence-electron chi connectivity index (χ4n) is 3.80. The molecule has 0 spiro atoms. The number of carbonyl (C=O) groups excluding carboxylic acids is 1. The molecular weight excluding hydrogens is 388 g/mol. The summed E-state index contributed by atoms with van der Waals surface area (Å²) in [6.45, 7) is 5.01. The zero-order valence-electron chi connectivity index (χ0n) is 16.5. The first-order chi connectivity index (χ1) is 13.9. The SMILES string of the molecule is Cc1c(C(=O)Nc2ccc(S(=O)(=O)N3CCC[C@H](C)C3)cc2)oc2ccccc12. The Labute approximate surface area is 170 Å². The van der Waals surface area contributed by atoms with Gasteiger partial charge in [-0.15, -0.1) is 0 Å². The summed E-state index contributed by atoms with van der Waals surface area (Å²) in [5.74, 6) is 0.258. The van der Waals surface area contributed by atoms with E-state index in [1.807, 2.05) is 31.2 Å². The molecule has 2 heterocycles. The minimum Gasteiger partial charge on any atom is -0.451 e. The Bertz CT molecular complexity index is 1150. The van der Waals surface area contributed by atoms with Gasteiger partial charge in [-0.3, -0.25) is 4.79 Å². The van der Waals surface area contributed by atoms with Crippen LogP contribution in [0.25, 0.3) is 11.0 Å². The van der Waals surface area contributed by atoms with Gasteiger partial charge in [-0.1, -0.05) is 25.1 Å². The predicted octanol–water partition coefficient (Wildman–Crippen LogP) is 4.41. The van der Waals surface area contributed by atoms with Gasteiger partial charge in [0, 0.05) is 29.7 Å². The molecule has 7 heteroatoms. The Morgan fingerprint density at radius 2 is 1.86 bits per heavy atom. The number of rotatable bonds is 4. The molecule has 1 aromatic heterocycles. The van der Waals surface area contributed by atoms with Crippen molar-refractivity contribution >= 4 is 32.6 Å². The molecule has 2 aromatic carbocycles. The number of hydrogen-bond donors (Lipinski definition) is 1. The normalized spacial score (nSPS) is 18.1. The third kappa shape index (κ3) is 3.80. The molecule has 0 unspecified atom stereocenters. The average Bonchev–Trinajstić information content (AvgIpc) is 3.05. The zero-order valence-corrected chi connectivity index (χ0v) is 17.3. The van der Waals surface area contributed by atoms with Crippen molar-refractivity contribution < 1.29 is 17.6 Å². The molecule has 4 rings (SSSR count). The van der Waals surface area contributed by atoms with Crippen LogP contribution in [-0.2, 0) is 10.0 Å². The number of aryl methyl sites for hydroxylation is 1. The highest BCUT2D eigenvalue weighted by molar-refractivity contribution is 7.89. The monoisotopic (exact) mass is 412 g/mol. The van der Waals surface area contributed by atoms with Gasteiger partial charge >= 0.3 is 0 Å². The van der Waals surface area contributed by atoms with Crippen LogP contribution in [0.2, 0.25) is 0 Å². The van der Waals surface area contributed by atoms with Gasteiger partial charge in [0.15, 0.2) is 5.76 Å². The smallest absolute Gasteiger partial charge is 0.291 e. The number of carbonyl (C=O) groups is 1. The number of para-hydroxylation sites is 1. The van der Waals surface area contributed by atoms with Crippen molar-refractivity contribution in [1.29, 1.82) is 0 Å². The number of sulfonamides is 1. The van der Waals surface area contributed by atoms with E-state index in [-0.39, 0.29) is 16.6 Å². The lowest BCUT2D eigenvalue weighted by molar-refractivity contribution is 0.0998. The van der Waals surface area contributed by atoms with E-state index in [0.29, 0.717) is 30.3 Å². The first-order valence-electron chi connectivity index (χ1n) is 9.76. The summed E-state index contributed by atoms with van der Waals surface area (Å²) in [6.07, 6.45) is 1.93. The molecule has 1 aliphatic rings. The van der Waals surface area contributed by atoms with Gasteiger partial charge < -0.3 is 9.73 Å². The molecule has 1 aliphatic heterocycles. The number of fused-ring (bicyclic) bond motifs is 1. The van der Waals surface area contributed by atoms with Crippen LogP contribution in [0.1, 0.15) is 35.9 Å². The van der Waals surface area contributed by atoms with Crippen molar-refractivity contribution in [2.75, 3.05) is 18.4 Å². The molecule has 1 fully saturated rings. The zero-order chi connectivity index (χ0) is 20.6. The van der Waals surface area contributed by atoms with Crippen molar-refractivity contribution in [1.82, 2.24) is 4.31 Å². The summed E-state index contributed by atoms with van der Waals surface area (Å²) < 4.78 is 32.9. The molecule has 0 saturated carbocycles. The summed E-state index contributed by atoms with van der Waals surface area (Å²) in [6, 6.07) is 13.8. The van der Waals surface area contributed by atoms with Crippen LogP contribution in [0.4, 0.5) is 5.69 Å². The van der Waals surface area contributed by atoms with Crippen LogP contribution >= 0.6 is 0 Å². The topological polar surface area (TPSA) is 79.6 Å². The maximum Gasteiger partial charge on any atom is 0.291 e. The number of nitrogens with zero attached hydrogens (tertiary/aromatic N) is 1. The van der Waals surface area contributed by atoms with Crippen LogP contribution in [-0.4, -0.2) is 31.7 Å². The molecule has 0 bridgehead atoms. The second-order valence-electron chi connectivity index (χ2n) is 7.64. The van der Waals surface area contributed by atoms with Crippen molar-refractivity contribution in [2.45, 2.75) is 31.6 Å². The van der Waals surface area contributed by atoms with E-state index in [0.717, 1.165) is 23.8 Å². The van der Waals surface area contributed by atoms with Gasteiger partial charge in [0.25, 0.3) is 5.91 Å². The van der Waals surface area contributed by atoms with Gasteiger partial charge in [0.2, 0.25) is 10.0 Å². The Balaban J connectivity index is 1.52. The van der Waals surface area contributed by atoms with E-state index in [2.05, 4.69) is 12.2 Å². The van der Waals surface area contributed by atoms with E-state index >= 15 is 0 Å². The maximum absolute atomic E-state index is 12.9. The fourth-order valence-corrected chi connectivity index (χ4v) is 5.40. The molecule has 6 nitrogen and oxygen atoms in total. The summed E-state index contributed by atoms with van der Waals surface area (Å²) in [5.41, 5.74) is 1.95. The number of benzene rings is 2. The molecule has 29 heavy (non-hydrogen) atoms. The van der Waals surface area contributed by atoms with E-state index in [4.69, 9.17) is 4.42 Å². The van der Waals surface area contributed by atoms with Gasteiger partial charge in [-0.05, 0) is 56.0 Å². The average molecular weight is 413 g/mol. The standard InChI is InChI=1S/C22H24N2O4S/c1-15-6-5-13-24(14-15)29(26,27)18-11-9-17(10-12-18)23-22(25)21-16(2)19-7-3-4-8-20(19)28-21/h3-4,7-12,15H,5-6,13-14H2,1-2H3,(H,23,25)/t15-/m0/s1. The van der Waals surface area contributed by atoms with Gasteiger partial charge in [0.05, 0.1) is 4.90 Å². The summed E-state index contributed by atoms with van der Waals surface area (Å²) >= 11 is 0. The highest BCUT2D eigenvalue weighted by Gasteiger charge is 2.28. The molecule has 1 amide bonds. The maximum atomic E-state index is 12.9.